The van der Waals surface area contributed by atoms with Gasteiger partial charge in [0.1, 0.15) is 0 Å². The van der Waals surface area contributed by atoms with Crippen LogP contribution in [0.1, 0.15) is 28.8 Å². The first-order valence-corrected chi connectivity index (χ1v) is 9.70. The third-order valence-corrected chi connectivity index (χ3v) is 5.39. The van der Waals surface area contributed by atoms with Crippen LogP contribution in [0.4, 0.5) is 5.95 Å². The number of carbonyl (C=O) groups is 1. The van der Waals surface area contributed by atoms with Crippen molar-refractivity contribution in [2.45, 2.75) is 32.7 Å². The molecular weight excluding hydrogens is 340 g/mol. The van der Waals surface area contributed by atoms with Crippen molar-refractivity contribution in [1.29, 1.82) is 0 Å². The van der Waals surface area contributed by atoms with Crippen molar-refractivity contribution in [3.8, 4) is 0 Å². The lowest BCUT2D eigenvalue weighted by atomic mass is 9.86. The number of amides is 1. The molecule has 2 heterocycles. The summed E-state index contributed by atoms with van der Waals surface area (Å²) in [5.41, 5.74) is 4.55. The Kier molecular flexibility index (Phi) is 5.34. The van der Waals surface area contributed by atoms with E-state index in [-0.39, 0.29) is 11.8 Å². The van der Waals surface area contributed by atoms with Crippen LogP contribution in [-0.2, 0) is 28.9 Å². The summed E-state index contributed by atoms with van der Waals surface area (Å²) < 4.78 is 5.39. The first-order valence-electron chi connectivity index (χ1n) is 9.70. The normalized spacial score (nSPS) is 19.4. The summed E-state index contributed by atoms with van der Waals surface area (Å²) in [6.07, 6.45) is 4.30. The highest BCUT2D eigenvalue weighted by atomic mass is 16.5. The molecule has 1 aliphatic carbocycles. The lowest BCUT2D eigenvalue weighted by molar-refractivity contribution is -0.125. The minimum atomic E-state index is 0.000727. The number of fused-ring (bicyclic) bond motifs is 1. The van der Waals surface area contributed by atoms with E-state index in [1.165, 1.54) is 5.56 Å². The van der Waals surface area contributed by atoms with Crippen molar-refractivity contribution in [3.05, 3.63) is 52.8 Å². The van der Waals surface area contributed by atoms with Crippen molar-refractivity contribution in [2.75, 3.05) is 31.2 Å². The predicted molar refractivity (Wildman–Crippen MR) is 104 cm³/mol. The van der Waals surface area contributed by atoms with Gasteiger partial charge in [0.15, 0.2) is 0 Å². The Morgan fingerprint density at radius 1 is 1.26 bits per heavy atom. The number of hydrogen-bond acceptors (Lipinski definition) is 5. The summed E-state index contributed by atoms with van der Waals surface area (Å²) in [5, 5.41) is 3.08. The number of nitrogens with one attached hydrogen (secondary N) is 1. The van der Waals surface area contributed by atoms with Gasteiger partial charge in [0.25, 0.3) is 0 Å². The molecule has 0 unspecified atom stereocenters. The molecule has 142 valence electrons. The molecule has 1 saturated heterocycles. The topological polar surface area (TPSA) is 67.4 Å². The van der Waals surface area contributed by atoms with E-state index in [1.807, 2.05) is 6.20 Å². The Morgan fingerprint density at radius 2 is 2.04 bits per heavy atom. The van der Waals surface area contributed by atoms with Crippen LogP contribution in [0.25, 0.3) is 0 Å². The lowest BCUT2D eigenvalue weighted by Gasteiger charge is -2.28. The van der Waals surface area contributed by atoms with Crippen LogP contribution >= 0.6 is 0 Å². The molecule has 1 aromatic carbocycles. The molecule has 4 rings (SSSR count). The van der Waals surface area contributed by atoms with Gasteiger partial charge >= 0.3 is 0 Å². The third kappa shape index (κ3) is 4.27. The van der Waals surface area contributed by atoms with Gasteiger partial charge in [-0.1, -0.05) is 29.8 Å². The van der Waals surface area contributed by atoms with E-state index >= 15 is 0 Å². The van der Waals surface area contributed by atoms with Gasteiger partial charge in [-0.2, -0.15) is 0 Å². The fourth-order valence-electron chi connectivity index (χ4n) is 3.68. The number of hydrogen-bond donors (Lipinski definition) is 1. The fraction of sp³-hybridized carbons (Fsp3) is 0.476. The molecule has 27 heavy (non-hydrogen) atoms. The van der Waals surface area contributed by atoms with Gasteiger partial charge in [-0.25, -0.2) is 9.97 Å². The van der Waals surface area contributed by atoms with Crippen LogP contribution in [-0.4, -0.2) is 42.2 Å². The van der Waals surface area contributed by atoms with Gasteiger partial charge in [-0.05, 0) is 37.3 Å². The van der Waals surface area contributed by atoms with Crippen molar-refractivity contribution >= 4 is 11.9 Å². The van der Waals surface area contributed by atoms with Crippen molar-refractivity contribution < 1.29 is 9.53 Å². The minimum absolute atomic E-state index is 0.000727. The molecule has 0 bridgehead atoms. The number of anilines is 1. The van der Waals surface area contributed by atoms with Crippen LogP contribution in [0, 0.1) is 12.8 Å². The van der Waals surface area contributed by atoms with Crippen LogP contribution in [0.15, 0.2) is 30.5 Å². The van der Waals surface area contributed by atoms with E-state index in [2.05, 4.69) is 46.4 Å². The average Bonchev–Trinajstić information content (AvgIpc) is 2.73. The van der Waals surface area contributed by atoms with Crippen molar-refractivity contribution in [2.24, 2.45) is 5.92 Å². The van der Waals surface area contributed by atoms with Gasteiger partial charge in [0, 0.05) is 37.4 Å². The number of morpholine rings is 1. The van der Waals surface area contributed by atoms with Crippen molar-refractivity contribution in [1.82, 2.24) is 15.3 Å². The predicted octanol–water partition coefficient (Wildman–Crippen LogP) is 2.04. The van der Waals surface area contributed by atoms with Gasteiger partial charge in [0.2, 0.25) is 11.9 Å². The molecule has 6 heteroatoms. The van der Waals surface area contributed by atoms with Crippen molar-refractivity contribution in [3.63, 3.8) is 0 Å². The fourth-order valence-corrected chi connectivity index (χ4v) is 3.68. The van der Waals surface area contributed by atoms with E-state index in [1.54, 1.807) is 0 Å². The van der Waals surface area contributed by atoms with Gasteiger partial charge in [-0.3, -0.25) is 4.79 Å². The molecule has 1 amide bonds. The number of aromatic nitrogens is 2. The second kappa shape index (κ2) is 8.05. The highest BCUT2D eigenvalue weighted by Crippen LogP contribution is 2.25. The third-order valence-electron chi connectivity index (χ3n) is 5.39. The molecule has 0 saturated carbocycles. The highest BCUT2D eigenvalue weighted by molar-refractivity contribution is 5.79. The van der Waals surface area contributed by atoms with Crippen LogP contribution in [0.3, 0.4) is 0 Å². The zero-order chi connectivity index (χ0) is 18.6. The summed E-state index contributed by atoms with van der Waals surface area (Å²) in [6, 6.07) is 8.27. The largest absolute Gasteiger partial charge is 0.378 e. The maximum absolute atomic E-state index is 12.6. The van der Waals surface area contributed by atoms with Crippen LogP contribution in [0.2, 0.25) is 0 Å². The molecule has 0 radical (unpaired) electrons. The minimum Gasteiger partial charge on any atom is -0.378 e. The Bertz CT molecular complexity index is 800. The summed E-state index contributed by atoms with van der Waals surface area (Å²) >= 11 is 0. The lowest BCUT2D eigenvalue weighted by Crippen LogP contribution is -2.38. The first-order chi connectivity index (χ1) is 13.2. The maximum atomic E-state index is 12.6. The molecule has 1 N–H and O–H groups in total. The Morgan fingerprint density at radius 3 is 2.81 bits per heavy atom. The van der Waals surface area contributed by atoms with Gasteiger partial charge in [0.05, 0.1) is 13.2 Å². The quantitative estimate of drug-likeness (QED) is 0.897. The Hall–Kier alpha value is -2.47. The van der Waals surface area contributed by atoms with E-state index in [0.717, 1.165) is 68.3 Å². The summed E-state index contributed by atoms with van der Waals surface area (Å²) in [5.74, 6) is 0.915. The molecule has 0 spiro atoms. The van der Waals surface area contributed by atoms with Gasteiger partial charge < -0.3 is 15.0 Å². The molecule has 2 aromatic rings. The summed E-state index contributed by atoms with van der Waals surface area (Å²) in [7, 11) is 0. The average molecular weight is 366 g/mol. The molecule has 1 aliphatic heterocycles. The van der Waals surface area contributed by atoms with E-state index < -0.39 is 0 Å². The number of nitrogens with zero attached hydrogens (tertiary/aromatic N) is 3. The van der Waals surface area contributed by atoms with Crippen LogP contribution < -0.4 is 10.2 Å². The standard InChI is InChI=1S/C21H26N4O2/c1-15-2-4-16(5-3-15)13-22-20(26)17-6-7-19-18(12-17)14-23-21(24-19)25-8-10-27-11-9-25/h2-5,14,17H,6-13H2,1H3,(H,22,26)/t17-/m0/s1. The molecule has 1 aromatic heterocycles. The second-order valence-electron chi connectivity index (χ2n) is 7.38. The zero-order valence-corrected chi connectivity index (χ0v) is 15.8. The number of aryl methyl sites for hydroxylation is 2. The molecule has 1 fully saturated rings. The monoisotopic (exact) mass is 366 g/mol. The van der Waals surface area contributed by atoms with E-state index in [0.29, 0.717) is 6.54 Å². The van der Waals surface area contributed by atoms with E-state index in [4.69, 9.17) is 9.72 Å². The summed E-state index contributed by atoms with van der Waals surface area (Å²) in [6.45, 7) is 5.77. The highest BCUT2D eigenvalue weighted by Gasteiger charge is 2.26. The molecule has 2 aliphatic rings. The SMILES string of the molecule is Cc1ccc(CNC(=O)[C@H]2CCc3nc(N4CCOCC4)ncc3C2)cc1. The zero-order valence-electron chi connectivity index (χ0n) is 15.8. The Labute approximate surface area is 160 Å². The maximum Gasteiger partial charge on any atom is 0.225 e. The molecular formula is C21H26N4O2. The number of carbonyl (C=O) groups excluding carboxylic acids is 1. The first kappa shape index (κ1) is 17.9. The molecule has 1 atom stereocenters. The molecule has 6 nitrogen and oxygen atoms in total. The number of benzene rings is 1. The summed E-state index contributed by atoms with van der Waals surface area (Å²) in [4.78, 5) is 24.1. The van der Waals surface area contributed by atoms with E-state index in [9.17, 15) is 4.79 Å². The van der Waals surface area contributed by atoms with Crippen LogP contribution in [0.5, 0.6) is 0 Å². The number of rotatable bonds is 4. The number of ether oxygens (including phenoxy) is 1. The van der Waals surface area contributed by atoms with Gasteiger partial charge in [-0.15, -0.1) is 0 Å². The second-order valence-corrected chi connectivity index (χ2v) is 7.38. The smallest absolute Gasteiger partial charge is 0.225 e. The Balaban J connectivity index is 1.36.